The number of rotatable bonds is 2. The summed E-state index contributed by atoms with van der Waals surface area (Å²) in [4.78, 5) is 1.63. The average Bonchev–Trinajstić information content (AvgIpc) is 2.40. The third-order valence-corrected chi connectivity index (χ3v) is 2.31. The maximum absolute atomic E-state index is 12.3. The van der Waals surface area contributed by atoms with E-state index in [4.69, 9.17) is 10.00 Å². The summed E-state index contributed by atoms with van der Waals surface area (Å²) in [7, 11) is 0. The molecule has 0 spiro atoms. The Labute approximate surface area is 86.4 Å². The van der Waals surface area contributed by atoms with Gasteiger partial charge in [-0.3, -0.25) is 4.90 Å². The van der Waals surface area contributed by atoms with Gasteiger partial charge in [0.05, 0.1) is 12.7 Å². The summed E-state index contributed by atoms with van der Waals surface area (Å²) in [5, 5.41) is 8.43. The largest absolute Gasteiger partial charge is 0.405 e. The minimum atomic E-state index is -4.43. The van der Waals surface area contributed by atoms with Crippen LogP contribution in [-0.4, -0.2) is 43.9 Å². The van der Waals surface area contributed by atoms with E-state index in [1.165, 1.54) is 6.07 Å². The van der Waals surface area contributed by atoms with Gasteiger partial charge in [0.1, 0.15) is 0 Å². The molecule has 0 aromatic rings. The lowest BCUT2D eigenvalue weighted by Crippen LogP contribution is -2.37. The number of hydrogen-bond acceptors (Lipinski definition) is 3. The molecule has 0 amide bonds. The fourth-order valence-corrected chi connectivity index (χ4v) is 1.46. The second-order valence-electron chi connectivity index (χ2n) is 3.49. The Balaban J connectivity index is 2.47. The fraction of sp³-hybridized carbons (Fsp3) is 0.889. The van der Waals surface area contributed by atoms with E-state index in [1.54, 1.807) is 4.90 Å². The third kappa shape index (κ3) is 4.06. The van der Waals surface area contributed by atoms with E-state index in [-0.39, 0.29) is 6.54 Å². The summed E-state index contributed by atoms with van der Waals surface area (Å²) < 4.78 is 42.0. The van der Waals surface area contributed by atoms with Gasteiger partial charge >= 0.3 is 6.18 Å². The number of ether oxygens (including phenoxy) is 1. The highest BCUT2D eigenvalue weighted by molar-refractivity contribution is 4.90. The highest BCUT2D eigenvalue weighted by Crippen LogP contribution is 2.26. The first-order valence-electron chi connectivity index (χ1n) is 4.80. The molecule has 0 aromatic carbocycles. The Morgan fingerprint density at radius 3 is 2.67 bits per heavy atom. The molecule has 1 aliphatic heterocycles. The Morgan fingerprint density at radius 2 is 2.07 bits per heavy atom. The topological polar surface area (TPSA) is 36.3 Å². The van der Waals surface area contributed by atoms with E-state index >= 15 is 0 Å². The molecule has 86 valence electrons. The fourth-order valence-electron chi connectivity index (χ4n) is 1.46. The van der Waals surface area contributed by atoms with E-state index in [2.05, 4.69) is 0 Å². The number of nitriles is 1. The second kappa shape index (κ2) is 5.33. The Hall–Kier alpha value is -0.800. The van der Waals surface area contributed by atoms with Gasteiger partial charge in [0.2, 0.25) is 0 Å². The molecule has 0 bridgehead atoms. The molecule has 0 aromatic heterocycles. The van der Waals surface area contributed by atoms with Gasteiger partial charge in [0.15, 0.2) is 5.92 Å². The predicted molar refractivity (Wildman–Crippen MR) is 47.0 cm³/mol. The monoisotopic (exact) mass is 222 g/mol. The molecule has 1 atom stereocenters. The molecule has 1 fully saturated rings. The van der Waals surface area contributed by atoms with Crippen LogP contribution in [0.4, 0.5) is 13.2 Å². The summed E-state index contributed by atoms with van der Waals surface area (Å²) in [5.41, 5.74) is 0. The van der Waals surface area contributed by atoms with E-state index in [0.29, 0.717) is 26.3 Å². The summed E-state index contributed by atoms with van der Waals surface area (Å²) in [6, 6.07) is 1.30. The zero-order valence-electron chi connectivity index (χ0n) is 8.26. The first-order chi connectivity index (χ1) is 7.04. The lowest BCUT2D eigenvalue weighted by atomic mass is 10.1. The predicted octanol–water partition coefficient (Wildman–Crippen LogP) is 1.41. The van der Waals surface area contributed by atoms with Crippen LogP contribution in [0.1, 0.15) is 6.42 Å². The van der Waals surface area contributed by atoms with Gasteiger partial charge < -0.3 is 4.74 Å². The molecule has 0 N–H and O–H groups in total. The summed E-state index contributed by atoms with van der Waals surface area (Å²) in [6.07, 6.45) is -3.71. The minimum absolute atomic E-state index is 0.247. The maximum atomic E-state index is 12.3. The summed E-state index contributed by atoms with van der Waals surface area (Å²) in [5.74, 6) is -1.89. The standard InChI is InChI=1S/C9H13F3N2O/c10-9(11,12)8(6-13)7-14-2-1-4-15-5-3-14/h8H,1-5,7H2. The van der Waals surface area contributed by atoms with Crippen LogP contribution >= 0.6 is 0 Å². The van der Waals surface area contributed by atoms with Gasteiger partial charge in [-0.25, -0.2) is 0 Å². The number of nitrogens with zero attached hydrogens (tertiary/aromatic N) is 2. The van der Waals surface area contributed by atoms with E-state index in [1.807, 2.05) is 0 Å². The molecule has 0 saturated carbocycles. The molecule has 0 radical (unpaired) electrons. The number of alkyl halides is 3. The molecule has 6 heteroatoms. The van der Waals surface area contributed by atoms with E-state index < -0.39 is 12.1 Å². The van der Waals surface area contributed by atoms with Gasteiger partial charge in [-0.15, -0.1) is 0 Å². The van der Waals surface area contributed by atoms with Crippen LogP contribution in [0.5, 0.6) is 0 Å². The van der Waals surface area contributed by atoms with Gasteiger partial charge in [0.25, 0.3) is 0 Å². The van der Waals surface area contributed by atoms with Crippen molar-refractivity contribution < 1.29 is 17.9 Å². The van der Waals surface area contributed by atoms with Crippen molar-refractivity contribution in [1.82, 2.24) is 4.90 Å². The summed E-state index contributed by atoms with van der Waals surface area (Å²) in [6.45, 7) is 1.81. The quantitative estimate of drug-likeness (QED) is 0.708. The average molecular weight is 222 g/mol. The zero-order valence-corrected chi connectivity index (χ0v) is 8.26. The van der Waals surface area contributed by atoms with Crippen molar-refractivity contribution >= 4 is 0 Å². The van der Waals surface area contributed by atoms with Crippen molar-refractivity contribution in [2.45, 2.75) is 12.6 Å². The Kier molecular flexibility index (Phi) is 4.36. The molecule has 1 saturated heterocycles. The molecular weight excluding hydrogens is 209 g/mol. The van der Waals surface area contributed by atoms with Crippen LogP contribution in [0.3, 0.4) is 0 Å². The van der Waals surface area contributed by atoms with Gasteiger partial charge in [-0.1, -0.05) is 0 Å². The summed E-state index contributed by atoms with van der Waals surface area (Å²) >= 11 is 0. The SMILES string of the molecule is N#CC(CN1CCCOCC1)C(F)(F)F. The molecule has 1 unspecified atom stereocenters. The van der Waals surface area contributed by atoms with Gasteiger partial charge in [0, 0.05) is 26.2 Å². The first kappa shape index (κ1) is 12.3. The van der Waals surface area contributed by atoms with Crippen LogP contribution < -0.4 is 0 Å². The molecule has 1 rings (SSSR count). The smallest absolute Gasteiger partial charge is 0.380 e. The van der Waals surface area contributed by atoms with Gasteiger partial charge in [-0.05, 0) is 6.42 Å². The third-order valence-electron chi connectivity index (χ3n) is 2.31. The highest BCUT2D eigenvalue weighted by Gasteiger charge is 2.40. The number of hydrogen-bond donors (Lipinski definition) is 0. The van der Waals surface area contributed by atoms with Crippen LogP contribution in [0.25, 0.3) is 0 Å². The molecule has 3 nitrogen and oxygen atoms in total. The van der Waals surface area contributed by atoms with Crippen molar-refractivity contribution in [3.63, 3.8) is 0 Å². The van der Waals surface area contributed by atoms with Crippen molar-refractivity contribution in [3.05, 3.63) is 0 Å². The van der Waals surface area contributed by atoms with E-state index in [9.17, 15) is 13.2 Å². The Bertz CT molecular complexity index is 228. The van der Waals surface area contributed by atoms with Crippen LogP contribution in [0.2, 0.25) is 0 Å². The van der Waals surface area contributed by atoms with Crippen LogP contribution in [-0.2, 0) is 4.74 Å². The van der Waals surface area contributed by atoms with Crippen molar-refractivity contribution in [1.29, 1.82) is 5.26 Å². The normalized spacial score (nSPS) is 21.7. The molecular formula is C9H13F3N2O. The number of halogens is 3. The van der Waals surface area contributed by atoms with Crippen molar-refractivity contribution in [2.24, 2.45) is 5.92 Å². The molecule has 15 heavy (non-hydrogen) atoms. The minimum Gasteiger partial charge on any atom is -0.380 e. The highest BCUT2D eigenvalue weighted by atomic mass is 19.4. The van der Waals surface area contributed by atoms with Crippen molar-refractivity contribution in [3.8, 4) is 6.07 Å². The molecule has 0 aliphatic carbocycles. The molecule has 1 heterocycles. The molecule has 1 aliphatic rings. The van der Waals surface area contributed by atoms with Gasteiger partial charge in [-0.2, -0.15) is 18.4 Å². The Morgan fingerprint density at radius 1 is 1.33 bits per heavy atom. The zero-order chi connectivity index (χ0) is 11.3. The van der Waals surface area contributed by atoms with Crippen LogP contribution in [0, 0.1) is 17.2 Å². The van der Waals surface area contributed by atoms with E-state index in [0.717, 1.165) is 6.42 Å². The second-order valence-corrected chi connectivity index (χ2v) is 3.49. The maximum Gasteiger partial charge on any atom is 0.405 e. The van der Waals surface area contributed by atoms with Crippen molar-refractivity contribution in [2.75, 3.05) is 32.8 Å². The lowest BCUT2D eigenvalue weighted by Gasteiger charge is -2.23. The van der Waals surface area contributed by atoms with Crippen LogP contribution in [0.15, 0.2) is 0 Å². The lowest BCUT2D eigenvalue weighted by molar-refractivity contribution is -0.163. The first-order valence-corrected chi connectivity index (χ1v) is 4.80.